The summed E-state index contributed by atoms with van der Waals surface area (Å²) in [7, 11) is 0. The van der Waals surface area contributed by atoms with Gasteiger partial charge in [0.15, 0.2) is 0 Å². The fourth-order valence-corrected chi connectivity index (χ4v) is 2.08. The van der Waals surface area contributed by atoms with Crippen LogP contribution >= 0.6 is 0 Å². The van der Waals surface area contributed by atoms with Crippen LogP contribution in [0, 0.1) is 0 Å². The molecule has 0 saturated carbocycles. The van der Waals surface area contributed by atoms with Gasteiger partial charge in [0.1, 0.15) is 11.5 Å². The lowest BCUT2D eigenvalue weighted by Gasteiger charge is -2.28. The molecule has 1 aliphatic heterocycles. The van der Waals surface area contributed by atoms with Crippen LogP contribution < -0.4 is 9.64 Å². The van der Waals surface area contributed by atoms with E-state index in [0.29, 0.717) is 18.6 Å². The van der Waals surface area contributed by atoms with Gasteiger partial charge in [-0.05, 0) is 25.5 Å². The third-order valence-electron chi connectivity index (χ3n) is 3.42. The van der Waals surface area contributed by atoms with Crippen molar-refractivity contribution in [3.63, 3.8) is 0 Å². The normalized spacial score (nSPS) is 17.7. The SMILES string of the molecule is CCC(C)Oc1cccc(N2CCC(=O)CC2)c1. The molecule has 0 spiro atoms. The molecule has 0 bridgehead atoms. The Balaban J connectivity index is 2.04. The maximum Gasteiger partial charge on any atom is 0.136 e. The zero-order valence-electron chi connectivity index (χ0n) is 11.2. The summed E-state index contributed by atoms with van der Waals surface area (Å²) in [6.07, 6.45) is 2.57. The fraction of sp³-hybridized carbons (Fsp3) is 0.533. The highest BCUT2D eigenvalue weighted by molar-refractivity contribution is 5.81. The molecule has 3 nitrogen and oxygen atoms in total. The van der Waals surface area contributed by atoms with Crippen LogP contribution in [0.15, 0.2) is 24.3 Å². The molecule has 0 N–H and O–H groups in total. The first kappa shape index (κ1) is 12.9. The average molecular weight is 247 g/mol. The van der Waals surface area contributed by atoms with Crippen molar-refractivity contribution in [1.29, 1.82) is 0 Å². The molecule has 1 aliphatic rings. The van der Waals surface area contributed by atoms with Gasteiger partial charge in [-0.25, -0.2) is 0 Å². The van der Waals surface area contributed by atoms with Crippen LogP contribution in [0.4, 0.5) is 5.69 Å². The lowest BCUT2D eigenvalue weighted by Crippen LogP contribution is -2.33. The Morgan fingerprint density at radius 1 is 1.33 bits per heavy atom. The van der Waals surface area contributed by atoms with Crippen LogP contribution in [0.1, 0.15) is 33.1 Å². The molecule has 2 rings (SSSR count). The Morgan fingerprint density at radius 3 is 2.72 bits per heavy atom. The smallest absolute Gasteiger partial charge is 0.136 e. The van der Waals surface area contributed by atoms with Gasteiger partial charge in [0, 0.05) is 37.7 Å². The zero-order valence-corrected chi connectivity index (χ0v) is 11.2. The van der Waals surface area contributed by atoms with E-state index in [9.17, 15) is 4.79 Å². The quantitative estimate of drug-likeness (QED) is 0.819. The van der Waals surface area contributed by atoms with Crippen molar-refractivity contribution in [2.75, 3.05) is 18.0 Å². The summed E-state index contributed by atoms with van der Waals surface area (Å²) in [5.41, 5.74) is 1.16. The zero-order chi connectivity index (χ0) is 13.0. The summed E-state index contributed by atoms with van der Waals surface area (Å²) < 4.78 is 5.82. The molecule has 0 aliphatic carbocycles. The average Bonchev–Trinajstić information content (AvgIpc) is 2.40. The Labute approximate surface area is 109 Å². The van der Waals surface area contributed by atoms with E-state index in [-0.39, 0.29) is 6.10 Å². The molecule has 18 heavy (non-hydrogen) atoms. The van der Waals surface area contributed by atoms with E-state index in [1.165, 1.54) is 0 Å². The third-order valence-corrected chi connectivity index (χ3v) is 3.42. The van der Waals surface area contributed by atoms with Gasteiger partial charge in [0.2, 0.25) is 0 Å². The minimum absolute atomic E-state index is 0.239. The van der Waals surface area contributed by atoms with Gasteiger partial charge in [-0.3, -0.25) is 4.79 Å². The molecule has 0 aromatic heterocycles. The van der Waals surface area contributed by atoms with Crippen LogP contribution in [-0.4, -0.2) is 25.0 Å². The first-order valence-corrected chi connectivity index (χ1v) is 6.72. The molecule has 1 aromatic rings. The van der Waals surface area contributed by atoms with Gasteiger partial charge in [0.25, 0.3) is 0 Å². The van der Waals surface area contributed by atoms with Gasteiger partial charge in [-0.1, -0.05) is 13.0 Å². The molecule has 1 saturated heterocycles. The van der Waals surface area contributed by atoms with E-state index in [4.69, 9.17) is 4.74 Å². The second-order valence-electron chi connectivity index (χ2n) is 4.86. The van der Waals surface area contributed by atoms with Crippen LogP contribution in [-0.2, 0) is 4.79 Å². The lowest BCUT2D eigenvalue weighted by molar-refractivity contribution is -0.119. The van der Waals surface area contributed by atoms with Crippen molar-refractivity contribution >= 4 is 11.5 Å². The molecule has 98 valence electrons. The Morgan fingerprint density at radius 2 is 2.06 bits per heavy atom. The number of hydrogen-bond donors (Lipinski definition) is 0. The first-order chi connectivity index (χ1) is 8.69. The standard InChI is InChI=1S/C15H21NO2/c1-3-12(2)18-15-6-4-5-13(11-15)16-9-7-14(17)8-10-16/h4-6,11-12H,3,7-10H2,1-2H3. The number of anilines is 1. The second-order valence-corrected chi connectivity index (χ2v) is 4.86. The minimum Gasteiger partial charge on any atom is -0.491 e. The summed E-state index contributed by atoms with van der Waals surface area (Å²) in [6, 6.07) is 8.16. The highest BCUT2D eigenvalue weighted by Gasteiger charge is 2.16. The van der Waals surface area contributed by atoms with E-state index in [1.807, 2.05) is 12.1 Å². The molecule has 1 aromatic carbocycles. The van der Waals surface area contributed by atoms with E-state index < -0.39 is 0 Å². The van der Waals surface area contributed by atoms with Gasteiger partial charge in [-0.15, -0.1) is 0 Å². The predicted octanol–water partition coefficient (Wildman–Crippen LogP) is 3.03. The summed E-state index contributed by atoms with van der Waals surface area (Å²) in [6.45, 7) is 5.84. The monoisotopic (exact) mass is 247 g/mol. The van der Waals surface area contributed by atoms with E-state index in [2.05, 4.69) is 30.9 Å². The largest absolute Gasteiger partial charge is 0.491 e. The molecule has 0 amide bonds. The molecule has 1 fully saturated rings. The number of benzene rings is 1. The van der Waals surface area contributed by atoms with Crippen molar-refractivity contribution in [1.82, 2.24) is 0 Å². The number of ketones is 1. The second kappa shape index (κ2) is 5.89. The van der Waals surface area contributed by atoms with Crippen molar-refractivity contribution in [3.8, 4) is 5.75 Å². The van der Waals surface area contributed by atoms with E-state index >= 15 is 0 Å². The maximum atomic E-state index is 11.2. The van der Waals surface area contributed by atoms with Gasteiger partial charge >= 0.3 is 0 Å². The molecule has 1 unspecified atom stereocenters. The molecule has 3 heteroatoms. The van der Waals surface area contributed by atoms with Gasteiger partial charge in [-0.2, -0.15) is 0 Å². The summed E-state index contributed by atoms with van der Waals surface area (Å²) in [5.74, 6) is 1.29. The summed E-state index contributed by atoms with van der Waals surface area (Å²) in [4.78, 5) is 13.5. The molecular weight excluding hydrogens is 226 g/mol. The number of nitrogens with zero attached hydrogens (tertiary/aromatic N) is 1. The third kappa shape index (κ3) is 3.25. The predicted molar refractivity (Wildman–Crippen MR) is 73.3 cm³/mol. The Hall–Kier alpha value is -1.51. The minimum atomic E-state index is 0.239. The van der Waals surface area contributed by atoms with Crippen molar-refractivity contribution in [3.05, 3.63) is 24.3 Å². The van der Waals surface area contributed by atoms with E-state index in [1.54, 1.807) is 0 Å². The topological polar surface area (TPSA) is 29.5 Å². The molecular formula is C15H21NO2. The number of Topliss-reactive ketones (excluding diaryl/α,β-unsaturated/α-hetero) is 1. The van der Waals surface area contributed by atoms with Crippen LogP contribution in [0.3, 0.4) is 0 Å². The van der Waals surface area contributed by atoms with Crippen molar-refractivity contribution in [2.24, 2.45) is 0 Å². The highest BCUT2D eigenvalue weighted by atomic mass is 16.5. The fourth-order valence-electron chi connectivity index (χ4n) is 2.08. The van der Waals surface area contributed by atoms with Gasteiger partial charge in [0.05, 0.1) is 6.10 Å². The number of piperidine rings is 1. The molecule has 1 atom stereocenters. The number of rotatable bonds is 4. The molecule has 1 heterocycles. The van der Waals surface area contributed by atoms with Crippen LogP contribution in [0.2, 0.25) is 0 Å². The first-order valence-electron chi connectivity index (χ1n) is 6.72. The molecule has 0 radical (unpaired) electrons. The van der Waals surface area contributed by atoms with E-state index in [0.717, 1.165) is 30.9 Å². The Kier molecular flexibility index (Phi) is 4.24. The van der Waals surface area contributed by atoms with Gasteiger partial charge < -0.3 is 9.64 Å². The van der Waals surface area contributed by atoms with Crippen LogP contribution in [0.25, 0.3) is 0 Å². The number of hydrogen-bond acceptors (Lipinski definition) is 3. The van der Waals surface area contributed by atoms with Crippen molar-refractivity contribution < 1.29 is 9.53 Å². The maximum absolute atomic E-state index is 11.2. The lowest BCUT2D eigenvalue weighted by atomic mass is 10.1. The van der Waals surface area contributed by atoms with Crippen LogP contribution in [0.5, 0.6) is 5.75 Å². The Bertz CT molecular complexity index is 407. The number of carbonyl (C=O) groups is 1. The summed E-state index contributed by atoms with van der Waals surface area (Å²) >= 11 is 0. The number of carbonyl (C=O) groups excluding carboxylic acids is 1. The number of ether oxygens (including phenoxy) is 1. The van der Waals surface area contributed by atoms with Crippen molar-refractivity contribution in [2.45, 2.75) is 39.2 Å². The summed E-state index contributed by atoms with van der Waals surface area (Å²) in [5, 5.41) is 0. The highest BCUT2D eigenvalue weighted by Crippen LogP contribution is 2.24.